The van der Waals surface area contributed by atoms with Gasteiger partial charge in [-0.05, 0) is 0 Å². The van der Waals surface area contributed by atoms with Crippen LogP contribution in [0.15, 0.2) is 0 Å². The van der Waals surface area contributed by atoms with Gasteiger partial charge in [0.15, 0.2) is 0 Å². The topological polar surface area (TPSA) is 52.3 Å². The van der Waals surface area contributed by atoms with Crippen molar-refractivity contribution in [1.82, 2.24) is 0 Å². The Bertz CT molecular complexity index is 90.6. The monoisotopic (exact) mass is 157 g/mol. The van der Waals surface area contributed by atoms with Crippen molar-refractivity contribution in [2.24, 2.45) is 5.73 Å². The Kier molecular flexibility index (Phi) is 7.35. The molecule has 9 heavy (non-hydrogen) atoms. The van der Waals surface area contributed by atoms with E-state index in [9.17, 15) is 9.18 Å². The van der Waals surface area contributed by atoms with E-state index < -0.39 is 18.7 Å². The zero-order valence-corrected chi connectivity index (χ0v) is 5.78. The number of esters is 1. The van der Waals surface area contributed by atoms with Crippen molar-refractivity contribution in [2.45, 2.75) is 6.04 Å². The summed E-state index contributed by atoms with van der Waals surface area (Å²) in [7, 11) is 1.16. The molecule has 0 radical (unpaired) electrons. The van der Waals surface area contributed by atoms with Gasteiger partial charge in [-0.1, -0.05) is 0 Å². The van der Waals surface area contributed by atoms with Crippen LogP contribution in [-0.2, 0) is 9.53 Å². The van der Waals surface area contributed by atoms with Crippen LogP contribution >= 0.6 is 12.4 Å². The molecule has 0 aliphatic rings. The predicted octanol–water partition coefficient (Wildman–Crippen LogP) is -0.122. The molecule has 0 fully saturated rings. The quantitative estimate of drug-likeness (QED) is 0.569. The van der Waals surface area contributed by atoms with Crippen molar-refractivity contribution in [2.75, 3.05) is 13.8 Å². The zero-order chi connectivity index (χ0) is 6.57. The van der Waals surface area contributed by atoms with Crippen LogP contribution in [0.2, 0.25) is 0 Å². The molecule has 5 heteroatoms. The highest BCUT2D eigenvalue weighted by Crippen LogP contribution is 1.82. The summed E-state index contributed by atoms with van der Waals surface area (Å²) in [5.74, 6) is -0.715. The second kappa shape index (κ2) is 5.78. The van der Waals surface area contributed by atoms with Gasteiger partial charge in [0, 0.05) is 0 Å². The van der Waals surface area contributed by atoms with E-state index in [1.165, 1.54) is 0 Å². The molecule has 0 aliphatic heterocycles. The van der Waals surface area contributed by atoms with E-state index >= 15 is 0 Å². The average Bonchev–Trinajstić information content (AvgIpc) is 1.84. The minimum absolute atomic E-state index is 0. The van der Waals surface area contributed by atoms with Gasteiger partial charge in [-0.15, -0.1) is 12.4 Å². The van der Waals surface area contributed by atoms with Gasteiger partial charge in [-0.25, -0.2) is 4.39 Å². The van der Waals surface area contributed by atoms with Crippen LogP contribution in [0.4, 0.5) is 4.39 Å². The fourth-order valence-corrected chi connectivity index (χ4v) is 0.214. The molecule has 0 spiro atoms. The number of hydrogen-bond donors (Lipinski definition) is 1. The van der Waals surface area contributed by atoms with E-state index in [1.54, 1.807) is 0 Å². The van der Waals surface area contributed by atoms with E-state index in [4.69, 9.17) is 5.73 Å². The van der Waals surface area contributed by atoms with E-state index in [1.807, 2.05) is 0 Å². The minimum Gasteiger partial charge on any atom is -0.468 e. The molecule has 3 nitrogen and oxygen atoms in total. The number of carbonyl (C=O) groups is 1. The highest BCUT2D eigenvalue weighted by atomic mass is 35.5. The van der Waals surface area contributed by atoms with Crippen LogP contribution in [-0.4, -0.2) is 25.8 Å². The SMILES string of the molecule is COC(=O)C(N)CF.Cl. The predicted molar refractivity (Wildman–Crippen MR) is 33.2 cm³/mol. The summed E-state index contributed by atoms with van der Waals surface area (Å²) in [4.78, 5) is 10.2. The number of carbonyl (C=O) groups excluding carboxylic acids is 1. The number of hydrogen-bond acceptors (Lipinski definition) is 3. The Morgan fingerprint density at radius 1 is 1.89 bits per heavy atom. The normalized spacial score (nSPS) is 11.4. The van der Waals surface area contributed by atoms with Gasteiger partial charge < -0.3 is 10.5 Å². The van der Waals surface area contributed by atoms with E-state index in [2.05, 4.69) is 4.74 Å². The maximum Gasteiger partial charge on any atom is 0.325 e. The van der Waals surface area contributed by atoms with Gasteiger partial charge in [0.1, 0.15) is 12.7 Å². The molecule has 0 rings (SSSR count). The van der Waals surface area contributed by atoms with Crippen molar-refractivity contribution < 1.29 is 13.9 Å². The highest BCUT2D eigenvalue weighted by Gasteiger charge is 2.11. The van der Waals surface area contributed by atoms with Crippen LogP contribution in [0.25, 0.3) is 0 Å². The second-order valence-corrected chi connectivity index (χ2v) is 1.28. The number of alkyl halides is 1. The molecule has 0 aliphatic carbocycles. The minimum atomic E-state index is -1.11. The number of nitrogens with two attached hydrogens (primary N) is 1. The zero-order valence-electron chi connectivity index (χ0n) is 4.96. The lowest BCUT2D eigenvalue weighted by Gasteiger charge is -2.01. The molecule has 0 aromatic heterocycles. The lowest BCUT2D eigenvalue weighted by atomic mass is 10.4. The third-order valence-corrected chi connectivity index (χ3v) is 0.670. The first-order chi connectivity index (χ1) is 3.72. The van der Waals surface area contributed by atoms with Gasteiger partial charge in [-0.2, -0.15) is 0 Å². The summed E-state index contributed by atoms with van der Waals surface area (Å²) in [5, 5.41) is 0. The molecule has 0 bridgehead atoms. The summed E-state index contributed by atoms with van der Waals surface area (Å²) < 4.78 is 15.5. The molecule has 56 valence electrons. The summed E-state index contributed by atoms with van der Waals surface area (Å²) in [6.45, 7) is -0.868. The number of methoxy groups -OCH3 is 1. The molecule has 0 heterocycles. The van der Waals surface area contributed by atoms with Crippen molar-refractivity contribution >= 4 is 18.4 Å². The maximum absolute atomic E-state index is 11.4. The van der Waals surface area contributed by atoms with Gasteiger partial charge in [0.05, 0.1) is 7.11 Å². The smallest absolute Gasteiger partial charge is 0.325 e. The van der Waals surface area contributed by atoms with Crippen LogP contribution in [0, 0.1) is 0 Å². The number of rotatable bonds is 2. The van der Waals surface area contributed by atoms with Crippen LogP contribution < -0.4 is 5.73 Å². The Morgan fingerprint density at radius 2 is 2.33 bits per heavy atom. The average molecular weight is 158 g/mol. The van der Waals surface area contributed by atoms with Crippen molar-refractivity contribution in [3.05, 3.63) is 0 Å². The second-order valence-electron chi connectivity index (χ2n) is 1.28. The maximum atomic E-state index is 11.4. The van der Waals surface area contributed by atoms with Gasteiger partial charge in [-0.3, -0.25) is 4.79 Å². The standard InChI is InChI=1S/C4H8FNO2.ClH/c1-8-4(7)3(6)2-5;/h3H,2,6H2,1H3;1H. The van der Waals surface area contributed by atoms with E-state index in [-0.39, 0.29) is 12.4 Å². The van der Waals surface area contributed by atoms with Gasteiger partial charge in [0.25, 0.3) is 0 Å². The molecular formula is C4H9ClFNO2. The lowest BCUT2D eigenvalue weighted by molar-refractivity contribution is -0.142. The van der Waals surface area contributed by atoms with Crippen molar-refractivity contribution in [3.63, 3.8) is 0 Å². The summed E-state index contributed by atoms with van der Waals surface area (Å²) in [5.41, 5.74) is 4.88. The molecule has 0 aromatic carbocycles. The Hall–Kier alpha value is -0.350. The van der Waals surface area contributed by atoms with E-state index in [0.717, 1.165) is 7.11 Å². The van der Waals surface area contributed by atoms with Crippen molar-refractivity contribution in [3.8, 4) is 0 Å². The van der Waals surface area contributed by atoms with Crippen LogP contribution in [0.3, 0.4) is 0 Å². The Labute approximate surface area is 58.8 Å². The first kappa shape index (κ1) is 11.4. The number of halogens is 2. The molecular weight excluding hydrogens is 148 g/mol. The molecule has 1 unspecified atom stereocenters. The van der Waals surface area contributed by atoms with Gasteiger partial charge >= 0.3 is 5.97 Å². The highest BCUT2D eigenvalue weighted by molar-refractivity contribution is 5.85. The molecule has 0 saturated carbocycles. The first-order valence-corrected chi connectivity index (χ1v) is 2.11. The van der Waals surface area contributed by atoms with Crippen LogP contribution in [0.5, 0.6) is 0 Å². The van der Waals surface area contributed by atoms with Crippen LogP contribution in [0.1, 0.15) is 0 Å². The molecule has 1 atom stereocenters. The van der Waals surface area contributed by atoms with Gasteiger partial charge in [0.2, 0.25) is 0 Å². The fourth-order valence-electron chi connectivity index (χ4n) is 0.214. The van der Waals surface area contributed by atoms with Crippen molar-refractivity contribution in [1.29, 1.82) is 0 Å². The van der Waals surface area contributed by atoms with E-state index in [0.29, 0.717) is 0 Å². The Balaban J connectivity index is 0. The lowest BCUT2D eigenvalue weighted by Crippen LogP contribution is -2.33. The first-order valence-electron chi connectivity index (χ1n) is 2.11. The largest absolute Gasteiger partial charge is 0.468 e. The fraction of sp³-hybridized carbons (Fsp3) is 0.750. The summed E-state index contributed by atoms with van der Waals surface area (Å²) in [6, 6.07) is -1.11. The molecule has 2 N–H and O–H groups in total. The number of ether oxygens (including phenoxy) is 1. The third kappa shape index (κ3) is 4.17. The molecule has 0 aromatic rings. The molecule has 0 saturated heterocycles. The molecule has 0 amide bonds. The summed E-state index contributed by atoms with van der Waals surface area (Å²) >= 11 is 0. The third-order valence-electron chi connectivity index (χ3n) is 0.670. The summed E-state index contributed by atoms with van der Waals surface area (Å²) in [6.07, 6.45) is 0. The Morgan fingerprint density at radius 3 is 2.44 bits per heavy atom.